The predicted octanol–water partition coefficient (Wildman–Crippen LogP) is 3.54. The molecule has 0 aliphatic heterocycles. The highest BCUT2D eigenvalue weighted by atomic mass is 32.1. The van der Waals surface area contributed by atoms with Crippen molar-refractivity contribution in [1.82, 2.24) is 4.98 Å². The van der Waals surface area contributed by atoms with E-state index >= 15 is 0 Å². The first-order chi connectivity index (χ1) is 12.5. The Labute approximate surface area is 152 Å². The molecule has 0 spiro atoms. The highest BCUT2D eigenvalue weighted by molar-refractivity contribution is 7.22. The zero-order chi connectivity index (χ0) is 18.7. The van der Waals surface area contributed by atoms with Crippen molar-refractivity contribution in [2.24, 2.45) is 0 Å². The lowest BCUT2D eigenvalue weighted by atomic mass is 10.2. The third-order valence-electron chi connectivity index (χ3n) is 3.51. The second-order valence-electron chi connectivity index (χ2n) is 5.42. The normalized spacial score (nSPS) is 10.5. The van der Waals surface area contributed by atoms with Crippen molar-refractivity contribution < 1.29 is 19.2 Å². The summed E-state index contributed by atoms with van der Waals surface area (Å²) in [4.78, 5) is 26.8. The number of nitro groups is 1. The summed E-state index contributed by atoms with van der Waals surface area (Å²) in [6, 6.07) is 10.0. The van der Waals surface area contributed by atoms with Gasteiger partial charge in [-0.25, -0.2) is 4.98 Å². The summed E-state index contributed by atoms with van der Waals surface area (Å²) in [5.41, 5.74) is 1.45. The molecule has 3 rings (SSSR count). The van der Waals surface area contributed by atoms with E-state index in [4.69, 9.17) is 9.47 Å². The fraction of sp³-hybridized carbons (Fsp3) is 0.176. The number of thiazole rings is 1. The molecule has 0 aliphatic rings. The number of non-ortho nitro benzene ring substituents is 1. The van der Waals surface area contributed by atoms with E-state index < -0.39 is 4.92 Å². The number of nitro benzene ring substituents is 1. The lowest BCUT2D eigenvalue weighted by molar-refractivity contribution is -0.384. The van der Waals surface area contributed by atoms with E-state index in [2.05, 4.69) is 10.3 Å². The van der Waals surface area contributed by atoms with Gasteiger partial charge < -0.3 is 9.47 Å². The molecule has 1 aromatic heterocycles. The molecule has 3 aromatic rings. The topological polar surface area (TPSA) is 104 Å². The van der Waals surface area contributed by atoms with Crippen LogP contribution in [0.4, 0.5) is 10.8 Å². The zero-order valence-corrected chi connectivity index (χ0v) is 14.8. The Morgan fingerprint density at radius 3 is 2.69 bits per heavy atom. The number of methoxy groups -OCH3 is 1. The minimum atomic E-state index is -0.505. The van der Waals surface area contributed by atoms with Gasteiger partial charge >= 0.3 is 0 Å². The second kappa shape index (κ2) is 7.36. The van der Waals surface area contributed by atoms with Crippen LogP contribution in [0, 0.1) is 17.0 Å². The number of aromatic nitrogens is 1. The Morgan fingerprint density at radius 1 is 1.31 bits per heavy atom. The molecule has 0 radical (unpaired) electrons. The van der Waals surface area contributed by atoms with Crippen molar-refractivity contribution in [2.45, 2.75) is 6.92 Å². The highest BCUT2D eigenvalue weighted by Crippen LogP contribution is 2.36. The average Bonchev–Trinajstić information content (AvgIpc) is 3.02. The molecule has 1 heterocycles. The number of carbonyl (C=O) groups is 1. The molecule has 26 heavy (non-hydrogen) atoms. The number of carbonyl (C=O) groups excluding carboxylic acids is 1. The molecule has 8 nitrogen and oxygen atoms in total. The number of anilines is 1. The van der Waals surface area contributed by atoms with Crippen molar-refractivity contribution >= 4 is 38.3 Å². The van der Waals surface area contributed by atoms with Crippen molar-refractivity contribution in [3.63, 3.8) is 0 Å². The van der Waals surface area contributed by atoms with Crippen molar-refractivity contribution in [3.05, 3.63) is 52.1 Å². The number of nitrogens with one attached hydrogen (secondary N) is 1. The van der Waals surface area contributed by atoms with Gasteiger partial charge in [-0.1, -0.05) is 29.0 Å². The molecule has 0 unspecified atom stereocenters. The quantitative estimate of drug-likeness (QED) is 0.523. The van der Waals surface area contributed by atoms with E-state index in [1.165, 1.54) is 19.2 Å². The maximum atomic E-state index is 12.1. The van der Waals surface area contributed by atoms with Gasteiger partial charge in [-0.3, -0.25) is 20.2 Å². The molecule has 0 aliphatic carbocycles. The zero-order valence-electron chi connectivity index (χ0n) is 14.0. The highest BCUT2D eigenvalue weighted by Gasteiger charge is 2.17. The minimum absolute atomic E-state index is 0.0985. The van der Waals surface area contributed by atoms with E-state index in [0.717, 1.165) is 16.9 Å². The maximum absolute atomic E-state index is 12.1. The smallest absolute Gasteiger partial charge is 0.274 e. The number of nitrogens with zero attached hydrogens (tertiary/aromatic N) is 2. The van der Waals surface area contributed by atoms with Gasteiger partial charge in [-0.2, -0.15) is 0 Å². The number of benzene rings is 2. The van der Waals surface area contributed by atoms with E-state index in [-0.39, 0.29) is 24.0 Å². The van der Waals surface area contributed by atoms with Gasteiger partial charge in [-0.15, -0.1) is 0 Å². The van der Waals surface area contributed by atoms with Crippen LogP contribution in [-0.4, -0.2) is 29.5 Å². The third-order valence-corrected chi connectivity index (χ3v) is 4.43. The first-order valence-electron chi connectivity index (χ1n) is 7.58. The monoisotopic (exact) mass is 373 g/mol. The number of ether oxygens (including phenoxy) is 2. The third kappa shape index (κ3) is 3.89. The van der Waals surface area contributed by atoms with E-state index in [9.17, 15) is 14.9 Å². The standard InChI is InChI=1S/C17H15N3O5S/c1-10-3-5-12(6-4-10)25-9-15(21)18-17-19-16-13(24-2)7-11(20(22)23)8-14(16)26-17/h3-8H,9H2,1-2H3,(H,18,19,21). The molecule has 0 fully saturated rings. The Hall–Kier alpha value is -3.20. The number of hydrogen-bond donors (Lipinski definition) is 1. The molecule has 0 saturated heterocycles. The number of fused-ring (bicyclic) bond motifs is 1. The molecule has 2 aromatic carbocycles. The molecule has 1 N–H and O–H groups in total. The van der Waals surface area contributed by atoms with Crippen LogP contribution in [0.1, 0.15) is 5.56 Å². The fourth-order valence-corrected chi connectivity index (χ4v) is 3.17. The van der Waals surface area contributed by atoms with Crippen LogP contribution in [0.15, 0.2) is 36.4 Å². The van der Waals surface area contributed by atoms with Gasteiger partial charge in [0.25, 0.3) is 11.6 Å². The second-order valence-corrected chi connectivity index (χ2v) is 6.45. The molecular weight excluding hydrogens is 358 g/mol. The summed E-state index contributed by atoms with van der Waals surface area (Å²) in [7, 11) is 1.41. The largest absolute Gasteiger partial charge is 0.494 e. The lowest BCUT2D eigenvalue weighted by Gasteiger charge is -2.05. The average molecular weight is 373 g/mol. The van der Waals surface area contributed by atoms with Gasteiger partial charge in [0.2, 0.25) is 0 Å². The molecule has 0 atom stereocenters. The lowest BCUT2D eigenvalue weighted by Crippen LogP contribution is -2.19. The van der Waals surface area contributed by atoms with Crippen LogP contribution in [0.3, 0.4) is 0 Å². The van der Waals surface area contributed by atoms with E-state index in [1.54, 1.807) is 12.1 Å². The van der Waals surface area contributed by atoms with Crippen molar-refractivity contribution in [2.75, 3.05) is 19.0 Å². The summed E-state index contributed by atoms with van der Waals surface area (Å²) >= 11 is 1.13. The van der Waals surface area contributed by atoms with Crippen molar-refractivity contribution in [3.8, 4) is 11.5 Å². The van der Waals surface area contributed by atoms with Crippen LogP contribution in [0.25, 0.3) is 10.2 Å². The molecule has 0 bridgehead atoms. The van der Waals surface area contributed by atoms with Crippen LogP contribution >= 0.6 is 11.3 Å². The molecule has 0 saturated carbocycles. The van der Waals surface area contributed by atoms with Gasteiger partial charge in [0.1, 0.15) is 11.3 Å². The van der Waals surface area contributed by atoms with Crippen LogP contribution in [0.2, 0.25) is 0 Å². The summed E-state index contributed by atoms with van der Waals surface area (Å²) in [5, 5.41) is 13.9. The predicted molar refractivity (Wildman–Crippen MR) is 98.1 cm³/mol. The number of amides is 1. The Morgan fingerprint density at radius 2 is 2.04 bits per heavy atom. The fourth-order valence-electron chi connectivity index (χ4n) is 2.24. The van der Waals surface area contributed by atoms with E-state index in [1.807, 2.05) is 19.1 Å². The molecule has 1 amide bonds. The van der Waals surface area contributed by atoms with Gasteiger partial charge in [0, 0.05) is 6.07 Å². The van der Waals surface area contributed by atoms with Crippen LogP contribution < -0.4 is 14.8 Å². The van der Waals surface area contributed by atoms with Gasteiger partial charge in [0.05, 0.1) is 22.8 Å². The van der Waals surface area contributed by atoms with Crippen LogP contribution in [0.5, 0.6) is 11.5 Å². The maximum Gasteiger partial charge on any atom is 0.274 e. The van der Waals surface area contributed by atoms with Crippen LogP contribution in [-0.2, 0) is 4.79 Å². The number of hydrogen-bond acceptors (Lipinski definition) is 7. The number of aryl methyl sites for hydroxylation is 1. The number of rotatable bonds is 6. The Balaban J connectivity index is 1.72. The van der Waals surface area contributed by atoms with Gasteiger partial charge in [0.15, 0.2) is 17.5 Å². The summed E-state index contributed by atoms with van der Waals surface area (Å²) in [5.74, 6) is 0.493. The molecular formula is C17H15N3O5S. The summed E-state index contributed by atoms with van der Waals surface area (Å²) in [6.07, 6.45) is 0. The first-order valence-corrected chi connectivity index (χ1v) is 8.40. The Bertz CT molecular complexity index is 968. The molecule has 9 heteroatoms. The van der Waals surface area contributed by atoms with E-state index in [0.29, 0.717) is 21.1 Å². The first kappa shape index (κ1) is 17.6. The molecule has 134 valence electrons. The van der Waals surface area contributed by atoms with Gasteiger partial charge in [-0.05, 0) is 19.1 Å². The minimum Gasteiger partial charge on any atom is -0.494 e. The summed E-state index contributed by atoms with van der Waals surface area (Å²) < 4.78 is 11.1. The Kier molecular flexibility index (Phi) is 4.99. The SMILES string of the molecule is COc1cc([N+](=O)[O-])cc2sc(NC(=O)COc3ccc(C)cc3)nc12. The summed E-state index contributed by atoms with van der Waals surface area (Å²) in [6.45, 7) is 1.79. The van der Waals surface area contributed by atoms with Crippen molar-refractivity contribution in [1.29, 1.82) is 0 Å².